The molecule has 22 valence electrons. The molecule has 0 amide bonds. The fourth-order valence-electron chi connectivity index (χ4n) is 0. The van der Waals surface area contributed by atoms with Crippen LogP contribution in [0.3, 0.4) is 0 Å². The SMILES string of the molecule is O.[H-].[Li+].[Mn].[V]. The number of hydrogen-bond acceptors (Lipinski definition) is 0. The van der Waals surface area contributed by atoms with Crippen LogP contribution < -0.4 is 18.9 Å². The van der Waals surface area contributed by atoms with Crippen LogP contribution in [-0.4, -0.2) is 5.48 Å². The summed E-state index contributed by atoms with van der Waals surface area (Å²) >= 11 is 0. The first-order valence-electron chi connectivity index (χ1n) is 0. The van der Waals surface area contributed by atoms with Crippen LogP contribution in [0.2, 0.25) is 0 Å². The molecule has 2 radical (unpaired) electrons. The van der Waals surface area contributed by atoms with Crippen LogP contribution in [0.25, 0.3) is 0 Å². The van der Waals surface area contributed by atoms with Crippen molar-refractivity contribution in [3.05, 3.63) is 0 Å². The molecule has 0 aromatic rings. The molecule has 0 spiro atoms. The van der Waals surface area contributed by atoms with Crippen molar-refractivity contribution in [1.29, 1.82) is 0 Å². The maximum Gasteiger partial charge on any atom is 1.00 e. The van der Waals surface area contributed by atoms with E-state index in [1.165, 1.54) is 0 Å². The van der Waals surface area contributed by atoms with Crippen molar-refractivity contribution in [1.82, 2.24) is 0 Å². The molecule has 0 bridgehead atoms. The van der Waals surface area contributed by atoms with Crippen molar-refractivity contribution in [2.75, 3.05) is 0 Å². The van der Waals surface area contributed by atoms with E-state index in [0.29, 0.717) is 0 Å². The van der Waals surface area contributed by atoms with Crippen molar-refractivity contribution in [2.24, 2.45) is 0 Å². The summed E-state index contributed by atoms with van der Waals surface area (Å²) in [5, 5.41) is 0. The van der Waals surface area contributed by atoms with E-state index < -0.39 is 0 Å². The third kappa shape index (κ3) is 9.40. The molecule has 0 aliphatic heterocycles. The third-order valence-electron chi connectivity index (χ3n) is 0. The fraction of sp³-hybridized carbons (Fsp3) is 0. The molecule has 0 heterocycles. The van der Waals surface area contributed by atoms with Crippen LogP contribution in [0.5, 0.6) is 0 Å². The second-order valence-corrected chi connectivity index (χ2v) is 0. The normalized spacial score (nSPS) is 0. The Kier molecular flexibility index (Phi) is 252. The molecular weight excluding hydrogens is 129 g/mol. The average molecular weight is 132 g/mol. The Morgan fingerprint density at radius 3 is 1.25 bits per heavy atom. The van der Waals surface area contributed by atoms with Gasteiger partial charge >= 0.3 is 18.9 Å². The van der Waals surface area contributed by atoms with Crippen LogP contribution in [0.4, 0.5) is 0 Å². The molecule has 0 aromatic heterocycles. The molecule has 0 saturated heterocycles. The van der Waals surface area contributed by atoms with Gasteiger partial charge in [-0.1, -0.05) is 0 Å². The van der Waals surface area contributed by atoms with Gasteiger partial charge in [0, 0.05) is 35.6 Å². The molecule has 0 fully saturated rings. The molecule has 0 unspecified atom stereocenters. The molecule has 0 aliphatic carbocycles. The smallest absolute Gasteiger partial charge is 1.00 e. The summed E-state index contributed by atoms with van der Waals surface area (Å²) in [4.78, 5) is 0. The van der Waals surface area contributed by atoms with Gasteiger partial charge in [-0.15, -0.1) is 0 Å². The average Bonchev–Trinajstić information content (AvgIpc) is 0. The first-order valence-corrected chi connectivity index (χ1v) is 0. The zero-order valence-corrected chi connectivity index (χ0v) is 4.90. The second-order valence-electron chi connectivity index (χ2n) is 0. The monoisotopic (exact) mass is 132 g/mol. The summed E-state index contributed by atoms with van der Waals surface area (Å²) < 4.78 is 0. The van der Waals surface area contributed by atoms with Crippen LogP contribution in [0, 0.1) is 0 Å². The van der Waals surface area contributed by atoms with Gasteiger partial charge < -0.3 is 6.90 Å². The molecule has 0 rings (SSSR count). The zero-order valence-electron chi connectivity index (χ0n) is 3.33. The molecular formula is H3LiMnOV. The van der Waals surface area contributed by atoms with E-state index in [-0.39, 0.29) is 61.4 Å². The van der Waals surface area contributed by atoms with Gasteiger partial charge in [0.05, 0.1) is 0 Å². The first-order chi connectivity index (χ1) is 0. The Labute approximate surface area is 61.2 Å². The summed E-state index contributed by atoms with van der Waals surface area (Å²) in [7, 11) is 0. The van der Waals surface area contributed by atoms with Gasteiger partial charge in [0.25, 0.3) is 0 Å². The van der Waals surface area contributed by atoms with Crippen LogP contribution in [0.15, 0.2) is 0 Å². The Bertz CT molecular complexity index is 11.6. The topological polar surface area (TPSA) is 31.5 Å². The minimum absolute atomic E-state index is 0. The summed E-state index contributed by atoms with van der Waals surface area (Å²) in [6, 6.07) is 0. The maximum atomic E-state index is 0. The van der Waals surface area contributed by atoms with E-state index in [9.17, 15) is 0 Å². The van der Waals surface area contributed by atoms with E-state index in [0.717, 1.165) is 0 Å². The van der Waals surface area contributed by atoms with E-state index in [2.05, 4.69) is 0 Å². The predicted octanol–water partition coefficient (Wildman–Crippen LogP) is -3.71. The second kappa shape index (κ2) is 22.6. The maximum absolute atomic E-state index is 0. The number of rotatable bonds is 0. The van der Waals surface area contributed by atoms with Crippen LogP contribution >= 0.6 is 0 Å². The molecule has 0 saturated carbocycles. The van der Waals surface area contributed by atoms with Crippen LogP contribution in [0.1, 0.15) is 1.43 Å². The predicted molar refractivity (Wildman–Crippen MR) is 4.73 cm³/mol. The van der Waals surface area contributed by atoms with Gasteiger partial charge in [-0.05, 0) is 0 Å². The van der Waals surface area contributed by atoms with E-state index in [4.69, 9.17) is 0 Å². The van der Waals surface area contributed by atoms with E-state index in [1.54, 1.807) is 0 Å². The summed E-state index contributed by atoms with van der Waals surface area (Å²) in [6.45, 7) is 0. The van der Waals surface area contributed by atoms with E-state index >= 15 is 0 Å². The summed E-state index contributed by atoms with van der Waals surface area (Å²) in [5.41, 5.74) is 0. The molecule has 0 aromatic carbocycles. The molecule has 2 N–H and O–H groups in total. The first kappa shape index (κ1) is 44.6. The van der Waals surface area contributed by atoms with Crippen molar-refractivity contribution >= 4 is 0 Å². The molecule has 0 atom stereocenters. The molecule has 0 aliphatic rings. The molecule has 4 heteroatoms. The van der Waals surface area contributed by atoms with Gasteiger partial charge in [-0.25, -0.2) is 0 Å². The fourth-order valence-corrected chi connectivity index (χ4v) is 0. The van der Waals surface area contributed by atoms with Crippen LogP contribution in [-0.2, 0) is 35.6 Å². The molecule has 4 heavy (non-hydrogen) atoms. The Morgan fingerprint density at radius 1 is 1.25 bits per heavy atom. The van der Waals surface area contributed by atoms with Gasteiger partial charge in [0.1, 0.15) is 0 Å². The number of hydrogen-bond donors (Lipinski definition) is 0. The van der Waals surface area contributed by atoms with Gasteiger partial charge in [-0.2, -0.15) is 0 Å². The summed E-state index contributed by atoms with van der Waals surface area (Å²) in [6.07, 6.45) is 0. The van der Waals surface area contributed by atoms with Crippen molar-refractivity contribution in [2.45, 2.75) is 0 Å². The largest absolute Gasteiger partial charge is 1.00 e. The minimum Gasteiger partial charge on any atom is -1.00 e. The third-order valence-corrected chi connectivity index (χ3v) is 0. The van der Waals surface area contributed by atoms with Gasteiger partial charge in [0.2, 0.25) is 0 Å². The minimum atomic E-state index is 0. The van der Waals surface area contributed by atoms with Crippen molar-refractivity contribution < 1.29 is 61.4 Å². The Balaban J connectivity index is 0. The zero-order chi connectivity index (χ0) is 0. The Morgan fingerprint density at radius 2 is 1.25 bits per heavy atom. The quantitative estimate of drug-likeness (QED) is 0.303. The van der Waals surface area contributed by atoms with Gasteiger partial charge in [-0.3, -0.25) is 0 Å². The summed E-state index contributed by atoms with van der Waals surface area (Å²) in [5.74, 6) is 0. The van der Waals surface area contributed by atoms with Gasteiger partial charge in [0.15, 0.2) is 0 Å². The standard InChI is InChI=1S/Li.Mn.H2O.V.H/h;;1H2;;/q+1;;;;-1. The van der Waals surface area contributed by atoms with Crippen molar-refractivity contribution in [3.63, 3.8) is 0 Å². The Hall–Kier alpha value is 1.66. The molecule has 1 nitrogen and oxygen atoms in total. The van der Waals surface area contributed by atoms with Crippen molar-refractivity contribution in [3.8, 4) is 0 Å². The van der Waals surface area contributed by atoms with E-state index in [1.807, 2.05) is 0 Å².